The Morgan fingerprint density at radius 3 is 2.26 bits per heavy atom. The molecule has 1 aromatic carbocycles. The summed E-state index contributed by atoms with van der Waals surface area (Å²) in [4.78, 5) is 62.9. The second-order valence-electron chi connectivity index (χ2n) is 8.92. The third-order valence-corrected chi connectivity index (χ3v) is 5.74. The molecule has 1 heterocycles. The fraction of sp³-hybridized carbons (Fsp3) is 0.542. The predicted molar refractivity (Wildman–Crippen MR) is 126 cm³/mol. The predicted octanol–water partition coefficient (Wildman–Crippen LogP) is 1.02. The lowest BCUT2D eigenvalue weighted by Gasteiger charge is -2.29. The molecular formula is C24H34N4O7. The summed E-state index contributed by atoms with van der Waals surface area (Å²) in [5.41, 5.74) is 0.797. The summed E-state index contributed by atoms with van der Waals surface area (Å²) in [5, 5.41) is 16.8. The van der Waals surface area contributed by atoms with Crippen molar-refractivity contribution in [3.8, 4) is 0 Å². The fourth-order valence-corrected chi connectivity index (χ4v) is 3.72. The Morgan fingerprint density at radius 1 is 1.00 bits per heavy atom. The van der Waals surface area contributed by atoms with E-state index in [0.29, 0.717) is 19.4 Å². The Bertz CT molecular complexity index is 922. The van der Waals surface area contributed by atoms with Gasteiger partial charge in [0.25, 0.3) is 0 Å². The molecule has 0 spiro atoms. The van der Waals surface area contributed by atoms with Gasteiger partial charge in [0.1, 0.15) is 30.8 Å². The molecule has 0 unspecified atom stereocenters. The number of carbonyl (C=O) groups excluding carboxylic acids is 4. The zero-order chi connectivity index (χ0) is 26.1. The zero-order valence-corrected chi connectivity index (χ0v) is 20.4. The SMILES string of the molecule is CC(C)[C@H](NC(=O)[C@H]1CCCN1C(=O)[C@H](C)NC(=O)[C@H](C)NC(=O)OCc1ccccc1)C(=O)O. The molecule has 0 aliphatic carbocycles. The molecule has 0 saturated carbocycles. The highest BCUT2D eigenvalue weighted by Crippen LogP contribution is 2.19. The van der Waals surface area contributed by atoms with Gasteiger partial charge >= 0.3 is 12.1 Å². The van der Waals surface area contributed by atoms with Crippen LogP contribution in [0, 0.1) is 5.92 Å². The highest BCUT2D eigenvalue weighted by Gasteiger charge is 2.38. The van der Waals surface area contributed by atoms with Crippen LogP contribution in [-0.2, 0) is 30.5 Å². The molecule has 0 aromatic heterocycles. The first-order valence-electron chi connectivity index (χ1n) is 11.6. The van der Waals surface area contributed by atoms with E-state index in [1.807, 2.05) is 18.2 Å². The van der Waals surface area contributed by atoms with Crippen LogP contribution in [0.2, 0.25) is 0 Å². The minimum atomic E-state index is -1.14. The molecule has 1 fully saturated rings. The van der Waals surface area contributed by atoms with Gasteiger partial charge in [-0.05, 0) is 38.2 Å². The van der Waals surface area contributed by atoms with Crippen molar-refractivity contribution in [3.63, 3.8) is 0 Å². The first kappa shape index (κ1) is 27.6. The van der Waals surface area contributed by atoms with Crippen molar-refractivity contribution in [2.24, 2.45) is 5.92 Å². The van der Waals surface area contributed by atoms with Gasteiger partial charge in [-0.3, -0.25) is 14.4 Å². The van der Waals surface area contributed by atoms with Crippen LogP contribution < -0.4 is 16.0 Å². The number of ether oxygens (including phenoxy) is 1. The van der Waals surface area contributed by atoms with Crippen molar-refractivity contribution < 1.29 is 33.8 Å². The van der Waals surface area contributed by atoms with E-state index in [-0.39, 0.29) is 12.5 Å². The summed E-state index contributed by atoms with van der Waals surface area (Å²) in [7, 11) is 0. The molecule has 1 aliphatic heterocycles. The van der Waals surface area contributed by atoms with Crippen LogP contribution in [0.4, 0.5) is 4.79 Å². The normalized spacial score (nSPS) is 17.7. The molecule has 4 N–H and O–H groups in total. The third kappa shape index (κ3) is 7.97. The number of benzene rings is 1. The summed E-state index contributed by atoms with van der Waals surface area (Å²) in [6.07, 6.45) is 0.202. The molecule has 4 atom stereocenters. The first-order chi connectivity index (χ1) is 16.5. The van der Waals surface area contributed by atoms with Crippen LogP contribution in [0.3, 0.4) is 0 Å². The number of carboxylic acid groups (broad SMARTS) is 1. The summed E-state index contributed by atoms with van der Waals surface area (Å²) < 4.78 is 5.10. The molecular weight excluding hydrogens is 456 g/mol. The van der Waals surface area contributed by atoms with E-state index in [1.54, 1.807) is 26.0 Å². The average molecular weight is 491 g/mol. The number of carbonyl (C=O) groups is 5. The van der Waals surface area contributed by atoms with E-state index in [2.05, 4.69) is 16.0 Å². The first-order valence-corrected chi connectivity index (χ1v) is 11.6. The van der Waals surface area contributed by atoms with Gasteiger partial charge < -0.3 is 30.7 Å². The summed E-state index contributed by atoms with van der Waals surface area (Å²) >= 11 is 0. The van der Waals surface area contributed by atoms with Gasteiger partial charge in [0.05, 0.1) is 0 Å². The van der Waals surface area contributed by atoms with E-state index in [0.717, 1.165) is 5.56 Å². The molecule has 4 amide bonds. The lowest BCUT2D eigenvalue weighted by molar-refractivity contribution is -0.145. The molecule has 2 rings (SSSR count). The van der Waals surface area contributed by atoms with Gasteiger partial charge in [0, 0.05) is 6.54 Å². The van der Waals surface area contributed by atoms with Gasteiger partial charge in [0.15, 0.2) is 0 Å². The summed E-state index contributed by atoms with van der Waals surface area (Å²) in [6.45, 7) is 6.67. The van der Waals surface area contributed by atoms with Crippen LogP contribution in [0.1, 0.15) is 46.1 Å². The van der Waals surface area contributed by atoms with Gasteiger partial charge in [-0.2, -0.15) is 0 Å². The highest BCUT2D eigenvalue weighted by atomic mass is 16.5. The monoisotopic (exact) mass is 490 g/mol. The average Bonchev–Trinajstić information content (AvgIpc) is 3.30. The smallest absolute Gasteiger partial charge is 0.408 e. The van der Waals surface area contributed by atoms with Crippen LogP contribution in [-0.4, -0.2) is 70.5 Å². The number of carboxylic acids is 1. The molecule has 1 aliphatic rings. The topological polar surface area (TPSA) is 154 Å². The number of rotatable bonds is 10. The van der Waals surface area contributed by atoms with Crippen molar-refractivity contribution in [3.05, 3.63) is 35.9 Å². The second kappa shape index (κ2) is 12.7. The Balaban J connectivity index is 1.87. The summed E-state index contributed by atoms with van der Waals surface area (Å²) in [6, 6.07) is 5.27. The highest BCUT2D eigenvalue weighted by molar-refractivity contribution is 5.94. The van der Waals surface area contributed by atoms with Crippen LogP contribution in [0.15, 0.2) is 30.3 Å². The fourth-order valence-electron chi connectivity index (χ4n) is 3.72. The molecule has 11 heteroatoms. The van der Waals surface area contributed by atoms with Gasteiger partial charge in [-0.15, -0.1) is 0 Å². The standard InChI is InChI=1S/C24H34N4O7/c1-14(2)19(23(32)33)27-21(30)18-11-8-12-28(18)22(31)16(4)25-20(29)15(3)26-24(34)35-13-17-9-6-5-7-10-17/h5-7,9-10,14-16,18-19H,8,11-13H2,1-4H3,(H,25,29)(H,26,34)(H,27,30)(H,32,33)/t15-,16-,18+,19-/m0/s1. The van der Waals surface area contributed by atoms with E-state index in [9.17, 15) is 29.1 Å². The van der Waals surface area contributed by atoms with Gasteiger partial charge in [-0.25, -0.2) is 9.59 Å². The number of alkyl carbamates (subject to hydrolysis) is 1. The van der Waals surface area contributed by atoms with Gasteiger partial charge in [-0.1, -0.05) is 44.2 Å². The number of likely N-dealkylation sites (tertiary alicyclic amines) is 1. The number of hydrogen-bond acceptors (Lipinski definition) is 6. The van der Waals surface area contributed by atoms with Crippen molar-refractivity contribution in [1.29, 1.82) is 0 Å². The molecule has 192 valence electrons. The Labute approximate surface area is 204 Å². The molecule has 0 bridgehead atoms. The second-order valence-corrected chi connectivity index (χ2v) is 8.92. The van der Waals surface area contributed by atoms with E-state index < -0.39 is 54.0 Å². The molecule has 35 heavy (non-hydrogen) atoms. The minimum Gasteiger partial charge on any atom is -0.480 e. The maximum Gasteiger partial charge on any atom is 0.408 e. The number of aliphatic carboxylic acids is 1. The number of amides is 4. The van der Waals surface area contributed by atoms with Crippen molar-refractivity contribution in [2.75, 3.05) is 6.54 Å². The maximum absolute atomic E-state index is 13.0. The maximum atomic E-state index is 13.0. The van der Waals surface area contributed by atoms with Crippen LogP contribution in [0.25, 0.3) is 0 Å². The van der Waals surface area contributed by atoms with E-state index in [4.69, 9.17) is 4.74 Å². The molecule has 1 aromatic rings. The quantitative estimate of drug-likeness (QED) is 0.382. The van der Waals surface area contributed by atoms with Gasteiger partial charge in [0.2, 0.25) is 17.7 Å². The number of nitrogens with one attached hydrogen (secondary N) is 3. The van der Waals surface area contributed by atoms with Crippen LogP contribution in [0.5, 0.6) is 0 Å². The van der Waals surface area contributed by atoms with E-state index in [1.165, 1.54) is 18.7 Å². The van der Waals surface area contributed by atoms with E-state index >= 15 is 0 Å². The van der Waals surface area contributed by atoms with Crippen molar-refractivity contribution in [2.45, 2.75) is 71.3 Å². The Morgan fingerprint density at radius 2 is 1.66 bits per heavy atom. The van der Waals surface area contributed by atoms with Crippen molar-refractivity contribution in [1.82, 2.24) is 20.9 Å². The van der Waals surface area contributed by atoms with Crippen molar-refractivity contribution >= 4 is 29.8 Å². The largest absolute Gasteiger partial charge is 0.480 e. The number of hydrogen-bond donors (Lipinski definition) is 4. The Hall–Kier alpha value is -3.63. The molecule has 0 radical (unpaired) electrons. The third-order valence-electron chi connectivity index (χ3n) is 5.74. The van der Waals surface area contributed by atoms with Crippen LogP contribution >= 0.6 is 0 Å². The Kier molecular flexibility index (Phi) is 10.0. The summed E-state index contributed by atoms with van der Waals surface area (Å²) in [5.74, 6) is -3.06. The lowest BCUT2D eigenvalue weighted by Crippen LogP contribution is -2.56. The lowest BCUT2D eigenvalue weighted by atomic mass is 10.0. The molecule has 11 nitrogen and oxygen atoms in total. The minimum absolute atomic E-state index is 0.0495. The molecule has 1 saturated heterocycles. The number of nitrogens with zero attached hydrogens (tertiary/aromatic N) is 1. The zero-order valence-electron chi connectivity index (χ0n) is 20.4.